The lowest BCUT2D eigenvalue weighted by Crippen LogP contribution is -2.57. The molecular weight excluding hydrogens is 254 g/mol. The number of aliphatic hydroxyl groups is 2. The first-order valence-electron chi connectivity index (χ1n) is 5.89. The summed E-state index contributed by atoms with van der Waals surface area (Å²) in [5.74, 6) is -3.80. The quantitative estimate of drug-likeness (QED) is 0.550. The van der Waals surface area contributed by atoms with Crippen molar-refractivity contribution in [3.05, 3.63) is 0 Å². The molecular formula is C12H21NO6. The average Bonchev–Trinajstić information content (AvgIpc) is 2.26. The number of ketones is 1. The molecule has 0 unspecified atom stereocenters. The molecule has 0 rings (SSSR count). The number of likely N-dealkylation sites (N-methyl/N-ethyl adjacent to an activating group) is 1. The van der Waals surface area contributed by atoms with E-state index in [0.29, 0.717) is 0 Å². The second kappa shape index (κ2) is 6.12. The molecule has 19 heavy (non-hydrogen) atoms. The minimum atomic E-state index is -2.58. The Morgan fingerprint density at radius 3 is 1.84 bits per heavy atom. The van der Waals surface area contributed by atoms with Crippen LogP contribution >= 0.6 is 0 Å². The molecule has 0 spiro atoms. The number of carboxylic acids is 1. The first-order valence-corrected chi connectivity index (χ1v) is 5.89. The lowest BCUT2D eigenvalue weighted by Gasteiger charge is -2.34. The van der Waals surface area contributed by atoms with Gasteiger partial charge in [-0.25, -0.2) is 4.79 Å². The number of carboxylic acid groups (broad SMARTS) is 1. The van der Waals surface area contributed by atoms with E-state index in [0.717, 1.165) is 11.8 Å². The van der Waals surface area contributed by atoms with Gasteiger partial charge in [-0.05, 0) is 19.8 Å². The monoisotopic (exact) mass is 275 g/mol. The Morgan fingerprint density at radius 2 is 1.58 bits per heavy atom. The van der Waals surface area contributed by atoms with E-state index in [1.807, 2.05) is 0 Å². The number of rotatable bonds is 6. The number of hydrogen-bond acceptors (Lipinski definition) is 5. The van der Waals surface area contributed by atoms with Crippen molar-refractivity contribution < 1.29 is 29.7 Å². The van der Waals surface area contributed by atoms with E-state index in [4.69, 9.17) is 5.11 Å². The molecule has 0 aromatic carbocycles. The lowest BCUT2D eigenvalue weighted by molar-refractivity contribution is -0.168. The van der Waals surface area contributed by atoms with E-state index in [1.54, 1.807) is 13.8 Å². The summed E-state index contributed by atoms with van der Waals surface area (Å²) in [5.41, 5.74) is -2.58. The van der Waals surface area contributed by atoms with Crippen LogP contribution in [0.25, 0.3) is 0 Å². The Bertz CT molecular complexity index is 374. The highest BCUT2D eigenvalue weighted by Crippen LogP contribution is 2.19. The molecule has 0 aromatic rings. The van der Waals surface area contributed by atoms with Gasteiger partial charge in [-0.3, -0.25) is 9.59 Å². The van der Waals surface area contributed by atoms with Crippen molar-refractivity contribution in [1.29, 1.82) is 0 Å². The number of carbonyl (C=O) groups excluding carboxylic acids is 2. The Kier molecular flexibility index (Phi) is 5.64. The molecule has 0 aliphatic rings. The summed E-state index contributed by atoms with van der Waals surface area (Å²) in [5, 5.41) is 27.8. The number of aliphatic hydroxyl groups excluding tert-OH is 1. The van der Waals surface area contributed by atoms with Crippen molar-refractivity contribution in [2.75, 3.05) is 7.05 Å². The molecule has 110 valence electrons. The predicted octanol–water partition coefficient (Wildman–Crippen LogP) is -0.745. The molecule has 3 atom stereocenters. The molecule has 0 bridgehead atoms. The molecule has 7 nitrogen and oxygen atoms in total. The van der Waals surface area contributed by atoms with E-state index in [1.165, 1.54) is 14.0 Å². The van der Waals surface area contributed by atoms with Gasteiger partial charge in [-0.1, -0.05) is 13.8 Å². The fraction of sp³-hybridized carbons (Fsp3) is 0.750. The third-order valence-electron chi connectivity index (χ3n) is 2.92. The van der Waals surface area contributed by atoms with Gasteiger partial charge in [0.05, 0.1) is 6.04 Å². The molecule has 0 aliphatic carbocycles. The van der Waals surface area contributed by atoms with Gasteiger partial charge in [-0.15, -0.1) is 0 Å². The average molecular weight is 275 g/mol. The van der Waals surface area contributed by atoms with Crippen molar-refractivity contribution in [2.45, 2.75) is 45.4 Å². The zero-order valence-corrected chi connectivity index (χ0v) is 11.7. The molecule has 0 radical (unpaired) electrons. The second-order valence-electron chi connectivity index (χ2n) is 5.06. The van der Waals surface area contributed by atoms with Gasteiger partial charge in [0.2, 0.25) is 5.60 Å². The minimum absolute atomic E-state index is 0.411. The Morgan fingerprint density at radius 1 is 1.16 bits per heavy atom. The van der Waals surface area contributed by atoms with Gasteiger partial charge in [0, 0.05) is 7.05 Å². The number of aliphatic carboxylic acids is 1. The van der Waals surface area contributed by atoms with Gasteiger partial charge in [0.15, 0.2) is 5.78 Å². The first kappa shape index (κ1) is 17.5. The van der Waals surface area contributed by atoms with E-state index in [-0.39, 0.29) is 0 Å². The molecule has 0 aromatic heterocycles. The summed E-state index contributed by atoms with van der Waals surface area (Å²) in [4.78, 5) is 35.7. The zero-order valence-electron chi connectivity index (χ0n) is 11.7. The molecule has 0 saturated heterocycles. The summed E-state index contributed by atoms with van der Waals surface area (Å²) >= 11 is 0. The Balaban J connectivity index is 5.41. The highest BCUT2D eigenvalue weighted by atomic mass is 16.4. The maximum Gasteiger partial charge on any atom is 0.343 e. The Hall–Kier alpha value is -1.47. The maximum atomic E-state index is 12.1. The van der Waals surface area contributed by atoms with E-state index in [9.17, 15) is 24.6 Å². The standard InChI is InChI=1S/C12H21NO6/c1-6(2)8(13(5)10(16)7(3)14)9(15)12(4,19)11(17)18/h6-8,14,19H,1-5H3,(H,17,18)/t7-,8+,12+/m1/s1. The van der Waals surface area contributed by atoms with Crippen LogP contribution in [0, 0.1) is 5.92 Å². The number of Topliss-reactive ketones (excluding diaryl/α,β-unsaturated/α-hetero) is 1. The van der Waals surface area contributed by atoms with Crippen molar-refractivity contribution in [3.63, 3.8) is 0 Å². The fourth-order valence-electron chi connectivity index (χ4n) is 1.75. The summed E-state index contributed by atoms with van der Waals surface area (Å²) in [7, 11) is 1.29. The van der Waals surface area contributed by atoms with Gasteiger partial charge in [0.25, 0.3) is 5.91 Å². The van der Waals surface area contributed by atoms with E-state index < -0.39 is 41.3 Å². The SMILES string of the molecule is CC(C)[C@@H](C(=O)[C@](C)(O)C(=O)O)N(C)C(=O)[C@@H](C)O. The van der Waals surface area contributed by atoms with Gasteiger partial charge in [0.1, 0.15) is 6.10 Å². The van der Waals surface area contributed by atoms with Crippen molar-refractivity contribution in [1.82, 2.24) is 4.90 Å². The highest BCUT2D eigenvalue weighted by Gasteiger charge is 2.46. The summed E-state index contributed by atoms with van der Waals surface area (Å²) in [6.45, 7) is 5.35. The lowest BCUT2D eigenvalue weighted by atomic mass is 9.87. The smallest absolute Gasteiger partial charge is 0.343 e. The van der Waals surface area contributed by atoms with Gasteiger partial charge >= 0.3 is 5.97 Å². The summed E-state index contributed by atoms with van der Waals surface area (Å²) < 4.78 is 0. The third kappa shape index (κ3) is 3.74. The van der Waals surface area contributed by atoms with Crippen LogP contribution < -0.4 is 0 Å². The minimum Gasteiger partial charge on any atom is -0.479 e. The molecule has 0 aliphatic heterocycles. The molecule has 7 heteroatoms. The maximum absolute atomic E-state index is 12.1. The molecule has 0 heterocycles. The normalized spacial score (nSPS) is 17.5. The number of nitrogens with zero attached hydrogens (tertiary/aromatic N) is 1. The van der Waals surface area contributed by atoms with Gasteiger partial charge in [-0.2, -0.15) is 0 Å². The van der Waals surface area contributed by atoms with Crippen molar-refractivity contribution in [3.8, 4) is 0 Å². The Labute approximate surface area is 111 Å². The van der Waals surface area contributed by atoms with Crippen LogP contribution in [0.5, 0.6) is 0 Å². The predicted molar refractivity (Wildman–Crippen MR) is 66.3 cm³/mol. The largest absolute Gasteiger partial charge is 0.479 e. The number of amides is 1. The first-order chi connectivity index (χ1) is 8.44. The van der Waals surface area contributed by atoms with Crippen molar-refractivity contribution in [2.24, 2.45) is 5.92 Å². The topological polar surface area (TPSA) is 115 Å². The highest BCUT2D eigenvalue weighted by molar-refractivity contribution is 6.09. The van der Waals surface area contributed by atoms with Crippen LogP contribution in [0.1, 0.15) is 27.7 Å². The second-order valence-corrected chi connectivity index (χ2v) is 5.06. The van der Waals surface area contributed by atoms with E-state index >= 15 is 0 Å². The summed E-state index contributed by atoms with van der Waals surface area (Å²) in [6, 6.07) is -1.13. The third-order valence-corrected chi connectivity index (χ3v) is 2.92. The van der Waals surface area contributed by atoms with Crippen LogP contribution in [-0.2, 0) is 14.4 Å². The molecule has 0 fully saturated rings. The number of hydrogen-bond donors (Lipinski definition) is 3. The van der Waals surface area contributed by atoms with Crippen LogP contribution in [0.2, 0.25) is 0 Å². The van der Waals surface area contributed by atoms with Crippen LogP contribution in [-0.4, -0.2) is 62.7 Å². The van der Waals surface area contributed by atoms with Crippen LogP contribution in [0.15, 0.2) is 0 Å². The number of carbonyl (C=O) groups is 3. The zero-order chi connectivity index (χ0) is 15.5. The van der Waals surface area contributed by atoms with Crippen LogP contribution in [0.4, 0.5) is 0 Å². The van der Waals surface area contributed by atoms with Gasteiger partial charge < -0.3 is 20.2 Å². The molecule has 3 N–H and O–H groups in total. The summed E-state index contributed by atoms with van der Waals surface area (Å²) in [6.07, 6.45) is -1.31. The molecule has 0 saturated carbocycles. The van der Waals surface area contributed by atoms with Crippen LogP contribution in [0.3, 0.4) is 0 Å². The van der Waals surface area contributed by atoms with E-state index in [2.05, 4.69) is 0 Å². The molecule has 1 amide bonds. The van der Waals surface area contributed by atoms with Crippen molar-refractivity contribution >= 4 is 17.7 Å². The fourth-order valence-corrected chi connectivity index (χ4v) is 1.75.